The first-order chi connectivity index (χ1) is 4.20. The summed E-state index contributed by atoms with van der Waals surface area (Å²) in [6, 6.07) is 0. The van der Waals surface area contributed by atoms with E-state index in [0.717, 1.165) is 0 Å². The Labute approximate surface area is 63.6 Å². The Morgan fingerprint density at radius 3 is 2.56 bits per heavy atom. The van der Waals surface area contributed by atoms with Gasteiger partial charge in [-0.05, 0) is 12.5 Å². The van der Waals surface area contributed by atoms with E-state index in [0.29, 0.717) is 16.5 Å². The van der Waals surface area contributed by atoms with Crippen LogP contribution in [-0.4, -0.2) is 11.2 Å². The van der Waals surface area contributed by atoms with E-state index in [1.807, 2.05) is 0 Å². The Balaban J connectivity index is 2.75. The van der Waals surface area contributed by atoms with E-state index in [-0.39, 0.29) is 0 Å². The molecule has 0 aromatic carbocycles. The number of hydrogen-bond acceptors (Lipinski definition) is 1. The summed E-state index contributed by atoms with van der Waals surface area (Å²) in [6.45, 7) is 0. The zero-order chi connectivity index (χ0) is 6.85. The molecule has 1 rings (SSSR count). The van der Waals surface area contributed by atoms with E-state index >= 15 is 0 Å². The highest BCUT2D eigenvalue weighted by Gasteiger charge is 2.08. The molecule has 3 heteroatoms. The molecule has 0 amide bonds. The quantitative estimate of drug-likeness (QED) is 0.581. The Kier molecular flexibility index (Phi) is 2.17. The summed E-state index contributed by atoms with van der Waals surface area (Å²) in [5.74, 6) is 0. The highest BCUT2D eigenvalue weighted by molar-refractivity contribution is 6.44. The van der Waals surface area contributed by atoms with Gasteiger partial charge in [-0.2, -0.15) is 0 Å². The molecular weight excluding hydrogens is 159 g/mol. The van der Waals surface area contributed by atoms with E-state index in [1.54, 1.807) is 6.08 Å². The van der Waals surface area contributed by atoms with Gasteiger partial charge in [0.15, 0.2) is 0 Å². The van der Waals surface area contributed by atoms with Crippen LogP contribution >= 0.6 is 23.2 Å². The van der Waals surface area contributed by atoms with Crippen molar-refractivity contribution in [2.45, 2.75) is 12.5 Å². The minimum Gasteiger partial charge on any atom is -0.389 e. The van der Waals surface area contributed by atoms with Gasteiger partial charge in [-0.3, -0.25) is 0 Å². The summed E-state index contributed by atoms with van der Waals surface area (Å²) in [4.78, 5) is 0. The predicted octanol–water partition coefficient (Wildman–Crippen LogP) is 2.00. The van der Waals surface area contributed by atoms with Crippen molar-refractivity contribution in [1.29, 1.82) is 0 Å². The summed E-state index contributed by atoms with van der Waals surface area (Å²) in [5, 5.41) is 9.90. The van der Waals surface area contributed by atoms with Crippen LogP contribution in [0.3, 0.4) is 0 Å². The third-order valence-electron chi connectivity index (χ3n) is 1.11. The van der Waals surface area contributed by atoms with Gasteiger partial charge in [-0.1, -0.05) is 29.3 Å². The van der Waals surface area contributed by atoms with Crippen molar-refractivity contribution in [2.24, 2.45) is 0 Å². The van der Waals surface area contributed by atoms with Gasteiger partial charge in [0.2, 0.25) is 0 Å². The summed E-state index contributed by atoms with van der Waals surface area (Å²) < 4.78 is 0. The van der Waals surface area contributed by atoms with Crippen molar-refractivity contribution < 1.29 is 5.11 Å². The van der Waals surface area contributed by atoms with E-state index in [2.05, 4.69) is 0 Å². The summed E-state index contributed by atoms with van der Waals surface area (Å²) in [5.41, 5.74) is 0. The molecule has 0 bridgehead atoms. The van der Waals surface area contributed by atoms with Gasteiger partial charge in [-0.15, -0.1) is 0 Å². The van der Waals surface area contributed by atoms with Gasteiger partial charge in [0.1, 0.15) is 0 Å². The summed E-state index contributed by atoms with van der Waals surface area (Å²) in [6.07, 6.45) is 3.34. The minimum absolute atomic E-state index is 0.440. The molecule has 50 valence electrons. The van der Waals surface area contributed by atoms with Crippen LogP contribution in [0.1, 0.15) is 6.42 Å². The minimum atomic E-state index is -0.458. The third-order valence-corrected chi connectivity index (χ3v) is 1.89. The van der Waals surface area contributed by atoms with Crippen LogP contribution in [0.5, 0.6) is 0 Å². The lowest BCUT2D eigenvalue weighted by Gasteiger charge is -2.08. The molecule has 0 heterocycles. The van der Waals surface area contributed by atoms with Crippen LogP contribution in [0.2, 0.25) is 0 Å². The lowest BCUT2D eigenvalue weighted by molar-refractivity contribution is 0.225. The first-order valence-electron chi connectivity index (χ1n) is 2.61. The highest BCUT2D eigenvalue weighted by Crippen LogP contribution is 2.24. The van der Waals surface area contributed by atoms with Crippen molar-refractivity contribution in [3.8, 4) is 0 Å². The SMILES string of the molecule is OC1C=C(Cl)C(Cl)=CC1. The Hall–Kier alpha value is 0.0200. The second-order valence-electron chi connectivity index (χ2n) is 1.87. The second-order valence-corrected chi connectivity index (χ2v) is 2.68. The zero-order valence-corrected chi connectivity index (χ0v) is 6.15. The maximum absolute atomic E-state index is 8.93. The van der Waals surface area contributed by atoms with Gasteiger partial charge in [0, 0.05) is 0 Å². The number of allylic oxidation sites excluding steroid dienone is 2. The number of aliphatic hydroxyl groups is 1. The van der Waals surface area contributed by atoms with E-state index in [4.69, 9.17) is 28.3 Å². The number of aliphatic hydroxyl groups excluding tert-OH is 1. The lowest BCUT2D eigenvalue weighted by Crippen LogP contribution is -2.04. The van der Waals surface area contributed by atoms with E-state index < -0.39 is 6.10 Å². The molecule has 0 saturated heterocycles. The van der Waals surface area contributed by atoms with Crippen LogP contribution in [0.25, 0.3) is 0 Å². The van der Waals surface area contributed by atoms with E-state index in [9.17, 15) is 0 Å². The molecule has 0 aromatic heterocycles. The molecule has 1 N–H and O–H groups in total. The maximum atomic E-state index is 8.93. The number of hydrogen-bond donors (Lipinski definition) is 1. The second kappa shape index (κ2) is 2.74. The molecule has 0 fully saturated rings. The standard InChI is InChI=1S/C6H6Cl2O/c7-5-2-1-4(9)3-6(5)8/h2-4,9H,1H2. The fraction of sp³-hybridized carbons (Fsp3) is 0.333. The number of rotatable bonds is 0. The summed E-state index contributed by atoms with van der Waals surface area (Å²) in [7, 11) is 0. The third kappa shape index (κ3) is 1.71. The molecule has 1 nitrogen and oxygen atoms in total. The van der Waals surface area contributed by atoms with E-state index in [1.165, 1.54) is 6.08 Å². The van der Waals surface area contributed by atoms with Crippen LogP contribution in [0.15, 0.2) is 22.2 Å². The Morgan fingerprint density at radius 2 is 2.11 bits per heavy atom. The monoisotopic (exact) mass is 164 g/mol. The first kappa shape index (κ1) is 7.13. The molecule has 1 aliphatic carbocycles. The first-order valence-corrected chi connectivity index (χ1v) is 3.37. The highest BCUT2D eigenvalue weighted by atomic mass is 35.5. The van der Waals surface area contributed by atoms with Gasteiger partial charge in [0.25, 0.3) is 0 Å². The molecule has 0 spiro atoms. The molecular formula is C6H6Cl2O. The van der Waals surface area contributed by atoms with Crippen molar-refractivity contribution in [1.82, 2.24) is 0 Å². The molecule has 1 aliphatic rings. The predicted molar refractivity (Wildman–Crippen MR) is 38.5 cm³/mol. The average Bonchev–Trinajstić information content (AvgIpc) is 1.80. The van der Waals surface area contributed by atoms with Crippen LogP contribution in [-0.2, 0) is 0 Å². The fourth-order valence-electron chi connectivity index (χ4n) is 0.638. The van der Waals surface area contributed by atoms with Crippen molar-refractivity contribution in [2.75, 3.05) is 0 Å². The summed E-state index contributed by atoms with van der Waals surface area (Å²) >= 11 is 11.1. The van der Waals surface area contributed by atoms with Gasteiger partial charge < -0.3 is 5.11 Å². The van der Waals surface area contributed by atoms with Crippen LogP contribution in [0.4, 0.5) is 0 Å². The molecule has 0 aliphatic heterocycles. The smallest absolute Gasteiger partial charge is 0.0773 e. The molecule has 0 radical (unpaired) electrons. The number of halogens is 2. The Morgan fingerprint density at radius 1 is 1.44 bits per heavy atom. The zero-order valence-electron chi connectivity index (χ0n) is 4.64. The van der Waals surface area contributed by atoms with Crippen LogP contribution in [0, 0.1) is 0 Å². The van der Waals surface area contributed by atoms with Crippen molar-refractivity contribution in [3.63, 3.8) is 0 Å². The molecule has 0 aromatic rings. The maximum Gasteiger partial charge on any atom is 0.0773 e. The lowest BCUT2D eigenvalue weighted by atomic mass is 10.1. The molecule has 9 heavy (non-hydrogen) atoms. The average molecular weight is 165 g/mol. The van der Waals surface area contributed by atoms with Gasteiger partial charge >= 0.3 is 0 Å². The normalized spacial score (nSPS) is 27.2. The van der Waals surface area contributed by atoms with Crippen molar-refractivity contribution in [3.05, 3.63) is 22.2 Å². The largest absolute Gasteiger partial charge is 0.389 e. The fourth-order valence-corrected chi connectivity index (χ4v) is 1.01. The molecule has 0 saturated carbocycles. The molecule has 1 unspecified atom stereocenters. The Bertz CT molecular complexity index is 172. The van der Waals surface area contributed by atoms with Crippen molar-refractivity contribution >= 4 is 23.2 Å². The van der Waals surface area contributed by atoms with Gasteiger partial charge in [0.05, 0.1) is 16.2 Å². The van der Waals surface area contributed by atoms with Gasteiger partial charge in [-0.25, -0.2) is 0 Å². The topological polar surface area (TPSA) is 20.2 Å². The van der Waals surface area contributed by atoms with Crippen LogP contribution < -0.4 is 0 Å². The molecule has 1 atom stereocenters.